The monoisotopic (exact) mass is 408 g/mol. The molecule has 150 valence electrons. The van der Waals surface area contributed by atoms with Gasteiger partial charge < -0.3 is 9.64 Å². The van der Waals surface area contributed by atoms with Gasteiger partial charge in [0.2, 0.25) is 16.1 Å². The lowest BCUT2D eigenvalue weighted by Gasteiger charge is -2.21. The Balaban J connectivity index is 2.43. The summed E-state index contributed by atoms with van der Waals surface area (Å²) in [5, 5.41) is 0. The maximum atomic E-state index is 14.2. The molecular weight excluding hydrogens is 387 g/mol. The smallest absolute Gasteiger partial charge is 0.342 e. The summed E-state index contributed by atoms with van der Waals surface area (Å²) in [7, 11) is 1.75. The molecule has 0 fully saturated rings. The molecule has 0 radical (unpaired) electrons. The largest absolute Gasteiger partial charge is 0.444 e. The van der Waals surface area contributed by atoms with Crippen LogP contribution in [0.25, 0.3) is 0 Å². The zero-order valence-electron chi connectivity index (χ0n) is 15.9. The molecule has 0 N–H and O–H groups in total. The van der Waals surface area contributed by atoms with Crippen LogP contribution in [-0.2, 0) is 19.6 Å². The number of rotatable bonds is 6. The van der Waals surface area contributed by atoms with E-state index in [1.807, 2.05) is 0 Å². The zero-order chi connectivity index (χ0) is 21.1. The Hall–Kier alpha value is -2.78. The Bertz CT molecular complexity index is 975. The first-order valence-corrected chi connectivity index (χ1v) is 9.69. The van der Waals surface area contributed by atoms with Crippen LogP contribution in [0.5, 0.6) is 0 Å². The number of nitrogens with zero attached hydrogens (tertiary/aromatic N) is 2. The minimum absolute atomic E-state index is 0.263. The first kappa shape index (κ1) is 21.5. The average Bonchev–Trinajstić information content (AvgIpc) is 2.66. The number of amides is 1. The van der Waals surface area contributed by atoms with Crippen LogP contribution in [0, 0.1) is 5.82 Å². The third-order valence-electron chi connectivity index (χ3n) is 3.93. The summed E-state index contributed by atoms with van der Waals surface area (Å²) >= 11 is 0. The lowest BCUT2D eigenvalue weighted by atomic mass is 10.1. The molecule has 0 spiro atoms. The molecule has 2 aromatic carbocycles. The number of likely N-dealkylation sites (N-methyl/N-ethyl adjacent to an activating group) is 1. The van der Waals surface area contributed by atoms with E-state index in [2.05, 4.69) is 0 Å². The van der Waals surface area contributed by atoms with E-state index in [0.717, 1.165) is 22.5 Å². The first-order valence-electron chi connectivity index (χ1n) is 8.25. The first-order chi connectivity index (χ1) is 13.1. The van der Waals surface area contributed by atoms with Gasteiger partial charge in [-0.25, -0.2) is 21.9 Å². The standard InChI is InChI=1S/C19H21FN2O5S/c1-21(2)18(23)17(13-8-6-5-7-9-13)27-19(24)15-12-14(10-11-16(15)20)28(25,26)22(3)4/h5-12,17H,1-4H3/t17-/m1/s1. The van der Waals surface area contributed by atoms with E-state index in [9.17, 15) is 22.4 Å². The maximum absolute atomic E-state index is 14.2. The molecule has 0 saturated heterocycles. The van der Waals surface area contributed by atoms with Gasteiger partial charge in [0, 0.05) is 33.8 Å². The summed E-state index contributed by atoms with van der Waals surface area (Å²) in [5.74, 6) is -2.61. The van der Waals surface area contributed by atoms with Crippen LogP contribution in [0.3, 0.4) is 0 Å². The highest BCUT2D eigenvalue weighted by molar-refractivity contribution is 7.89. The van der Waals surface area contributed by atoms with Gasteiger partial charge in [0.15, 0.2) is 0 Å². The van der Waals surface area contributed by atoms with Crippen LogP contribution in [0.2, 0.25) is 0 Å². The summed E-state index contributed by atoms with van der Waals surface area (Å²) in [6.07, 6.45) is -1.29. The SMILES string of the molecule is CN(C)C(=O)[C@H](OC(=O)c1cc(S(=O)(=O)N(C)C)ccc1F)c1ccccc1. The topological polar surface area (TPSA) is 84.0 Å². The van der Waals surface area contributed by atoms with Crippen molar-refractivity contribution in [3.63, 3.8) is 0 Å². The highest BCUT2D eigenvalue weighted by Crippen LogP contribution is 2.24. The molecule has 1 amide bonds. The van der Waals surface area contributed by atoms with Crippen LogP contribution in [0.4, 0.5) is 4.39 Å². The van der Waals surface area contributed by atoms with Gasteiger partial charge in [0.1, 0.15) is 5.82 Å². The fourth-order valence-electron chi connectivity index (χ4n) is 2.33. The predicted octanol–water partition coefficient (Wildman–Crippen LogP) is 2.06. The number of carbonyl (C=O) groups is 2. The molecule has 0 aliphatic carbocycles. The Kier molecular flexibility index (Phi) is 6.52. The summed E-state index contributed by atoms with van der Waals surface area (Å²) in [4.78, 5) is 26.0. The fraction of sp³-hybridized carbons (Fsp3) is 0.263. The Labute approximate surface area is 163 Å². The van der Waals surface area contributed by atoms with Gasteiger partial charge in [-0.2, -0.15) is 0 Å². The van der Waals surface area contributed by atoms with Gasteiger partial charge in [-0.3, -0.25) is 4.79 Å². The quantitative estimate of drug-likeness (QED) is 0.683. The van der Waals surface area contributed by atoms with Crippen LogP contribution < -0.4 is 0 Å². The van der Waals surface area contributed by atoms with Crippen molar-refractivity contribution >= 4 is 21.9 Å². The van der Waals surface area contributed by atoms with E-state index in [-0.39, 0.29) is 4.90 Å². The molecule has 7 nitrogen and oxygen atoms in total. The third kappa shape index (κ3) is 4.55. The van der Waals surface area contributed by atoms with Crippen molar-refractivity contribution in [1.29, 1.82) is 0 Å². The Morgan fingerprint density at radius 2 is 1.61 bits per heavy atom. The van der Waals surface area contributed by atoms with Crippen LogP contribution in [0.15, 0.2) is 53.4 Å². The van der Waals surface area contributed by atoms with Crippen LogP contribution >= 0.6 is 0 Å². The Morgan fingerprint density at radius 3 is 2.14 bits per heavy atom. The van der Waals surface area contributed by atoms with E-state index in [0.29, 0.717) is 5.56 Å². The third-order valence-corrected chi connectivity index (χ3v) is 5.74. The van der Waals surface area contributed by atoms with E-state index < -0.39 is 39.4 Å². The van der Waals surface area contributed by atoms with E-state index in [1.165, 1.54) is 33.1 Å². The second kappa shape index (κ2) is 8.49. The molecule has 0 heterocycles. The van der Waals surface area contributed by atoms with E-state index in [4.69, 9.17) is 4.74 Å². The minimum Gasteiger partial charge on any atom is -0.444 e. The molecule has 9 heteroatoms. The molecule has 0 aliphatic heterocycles. The number of benzene rings is 2. The molecule has 1 atom stereocenters. The zero-order valence-corrected chi connectivity index (χ0v) is 16.7. The van der Waals surface area contributed by atoms with E-state index in [1.54, 1.807) is 30.3 Å². The summed E-state index contributed by atoms with van der Waals surface area (Å²) in [5.41, 5.74) is -0.164. The van der Waals surface area contributed by atoms with Crippen molar-refractivity contribution in [3.05, 3.63) is 65.5 Å². The van der Waals surface area contributed by atoms with Crippen molar-refractivity contribution in [3.8, 4) is 0 Å². The van der Waals surface area contributed by atoms with Gasteiger partial charge in [-0.05, 0) is 18.2 Å². The van der Waals surface area contributed by atoms with Crippen LogP contribution in [0.1, 0.15) is 22.0 Å². The van der Waals surface area contributed by atoms with Crippen molar-refractivity contribution in [2.75, 3.05) is 28.2 Å². The lowest BCUT2D eigenvalue weighted by molar-refractivity contribution is -0.138. The summed E-state index contributed by atoms with van der Waals surface area (Å²) in [6.45, 7) is 0. The van der Waals surface area contributed by atoms with Crippen molar-refractivity contribution in [2.24, 2.45) is 0 Å². The highest BCUT2D eigenvalue weighted by Gasteiger charge is 2.29. The molecule has 2 rings (SSSR count). The number of ether oxygens (including phenoxy) is 1. The van der Waals surface area contributed by atoms with Gasteiger partial charge in [-0.1, -0.05) is 30.3 Å². The maximum Gasteiger partial charge on any atom is 0.342 e. The number of carbonyl (C=O) groups excluding carboxylic acids is 2. The lowest BCUT2D eigenvalue weighted by Crippen LogP contribution is -2.31. The second-order valence-electron chi connectivity index (χ2n) is 6.36. The number of hydrogen-bond acceptors (Lipinski definition) is 5. The van der Waals surface area contributed by atoms with Crippen LogP contribution in [-0.4, -0.2) is 57.7 Å². The van der Waals surface area contributed by atoms with Gasteiger partial charge in [0.25, 0.3) is 5.91 Å². The minimum atomic E-state index is -3.88. The second-order valence-corrected chi connectivity index (χ2v) is 8.51. The van der Waals surface area contributed by atoms with Crippen molar-refractivity contribution in [1.82, 2.24) is 9.21 Å². The molecule has 0 saturated carbocycles. The highest BCUT2D eigenvalue weighted by atomic mass is 32.2. The molecule has 0 unspecified atom stereocenters. The Morgan fingerprint density at radius 1 is 1.00 bits per heavy atom. The number of sulfonamides is 1. The molecule has 2 aromatic rings. The van der Waals surface area contributed by atoms with Gasteiger partial charge in [-0.15, -0.1) is 0 Å². The van der Waals surface area contributed by atoms with Crippen molar-refractivity contribution in [2.45, 2.75) is 11.0 Å². The number of halogens is 1. The molecular formula is C19H21FN2O5S. The van der Waals surface area contributed by atoms with Gasteiger partial charge in [0.05, 0.1) is 10.5 Å². The summed E-state index contributed by atoms with van der Waals surface area (Å²) < 4.78 is 44.9. The molecule has 0 aromatic heterocycles. The normalized spacial score (nSPS) is 12.5. The fourth-order valence-corrected chi connectivity index (χ4v) is 3.25. The molecule has 28 heavy (non-hydrogen) atoms. The van der Waals surface area contributed by atoms with E-state index >= 15 is 0 Å². The van der Waals surface area contributed by atoms with Crippen molar-refractivity contribution < 1.29 is 27.1 Å². The molecule has 0 bridgehead atoms. The van der Waals surface area contributed by atoms with Gasteiger partial charge >= 0.3 is 5.97 Å². The number of esters is 1. The number of hydrogen-bond donors (Lipinski definition) is 0. The average molecular weight is 408 g/mol. The summed E-state index contributed by atoms with van der Waals surface area (Å²) in [6, 6.07) is 11.1. The molecule has 0 aliphatic rings. The predicted molar refractivity (Wildman–Crippen MR) is 101 cm³/mol.